The van der Waals surface area contributed by atoms with Crippen LogP contribution in [-0.2, 0) is 4.79 Å². The van der Waals surface area contributed by atoms with Crippen LogP contribution in [0.25, 0.3) is 5.69 Å². The molecule has 0 bridgehead atoms. The maximum atomic E-state index is 13.5. The molecule has 2 heterocycles. The van der Waals surface area contributed by atoms with Crippen LogP contribution in [0.1, 0.15) is 44.9 Å². The number of anilines is 2. The maximum absolute atomic E-state index is 13.5. The van der Waals surface area contributed by atoms with Gasteiger partial charge in [-0.2, -0.15) is 5.01 Å². The molecule has 0 spiro atoms. The van der Waals surface area contributed by atoms with Gasteiger partial charge in [0, 0.05) is 11.3 Å². The van der Waals surface area contributed by atoms with Crippen LogP contribution in [0.2, 0.25) is 0 Å². The van der Waals surface area contributed by atoms with Crippen LogP contribution in [0.5, 0.6) is 0 Å². The lowest BCUT2D eigenvalue weighted by Gasteiger charge is -2.28. The van der Waals surface area contributed by atoms with E-state index in [4.69, 9.17) is 24.4 Å². The predicted molar refractivity (Wildman–Crippen MR) is 156 cm³/mol. The normalized spacial score (nSPS) is 14.2. The Balaban J connectivity index is 1.36. The first-order valence-corrected chi connectivity index (χ1v) is 13.2. The molecule has 41 heavy (non-hydrogen) atoms. The molecule has 1 aromatic heterocycles. The van der Waals surface area contributed by atoms with Crippen LogP contribution in [-0.4, -0.2) is 55.1 Å². The molecule has 5 rings (SSSR count). The number of nitrogens with one attached hydrogen (secondary N) is 3. The van der Waals surface area contributed by atoms with Gasteiger partial charge < -0.3 is 10.4 Å². The first-order valence-electron chi connectivity index (χ1n) is 12.4. The van der Waals surface area contributed by atoms with Crippen molar-refractivity contribution in [2.45, 2.75) is 13.8 Å². The summed E-state index contributed by atoms with van der Waals surface area (Å²) in [4.78, 5) is 51.4. The van der Waals surface area contributed by atoms with E-state index in [0.717, 1.165) is 10.7 Å². The van der Waals surface area contributed by atoms with Crippen molar-refractivity contribution in [1.82, 2.24) is 19.8 Å². The lowest BCUT2D eigenvalue weighted by molar-refractivity contribution is -0.132. The summed E-state index contributed by atoms with van der Waals surface area (Å²) in [6.45, 7) is 3.60. The molecule has 0 aliphatic carbocycles. The zero-order valence-corrected chi connectivity index (χ0v) is 23.5. The van der Waals surface area contributed by atoms with Gasteiger partial charge in [0.25, 0.3) is 17.7 Å². The zero-order chi connectivity index (χ0) is 29.5. The van der Waals surface area contributed by atoms with E-state index in [0.29, 0.717) is 26.5 Å². The number of amides is 3. The van der Waals surface area contributed by atoms with Crippen LogP contribution in [0.4, 0.5) is 11.4 Å². The van der Waals surface area contributed by atoms with Gasteiger partial charge in [0.1, 0.15) is 0 Å². The van der Waals surface area contributed by atoms with Gasteiger partial charge in [-0.25, -0.2) is 4.79 Å². The van der Waals surface area contributed by atoms with Gasteiger partial charge in [0.05, 0.1) is 34.5 Å². The van der Waals surface area contributed by atoms with Crippen LogP contribution in [0.15, 0.2) is 72.8 Å². The monoisotopic (exact) mass is 588 g/mol. The third-order valence-electron chi connectivity index (χ3n) is 6.63. The molecule has 0 saturated carbocycles. The summed E-state index contributed by atoms with van der Waals surface area (Å²) in [7, 11) is 0. The minimum absolute atomic E-state index is 0.0982. The number of hydrazine groups is 1. The minimum atomic E-state index is -1.27. The number of imide groups is 1. The van der Waals surface area contributed by atoms with E-state index in [1.165, 1.54) is 23.2 Å². The summed E-state index contributed by atoms with van der Waals surface area (Å²) < 4.78 is 2.48. The van der Waals surface area contributed by atoms with E-state index >= 15 is 0 Å². The first kappa shape index (κ1) is 27.7. The Morgan fingerprint density at radius 1 is 0.854 bits per heavy atom. The standard InChI is InChI=1S/C28H24N6O5S2/c1-28(2)15-32(34(25(28)39)23(36)20-5-3-4-6-21(20)24(37)38)18-11-7-16(8-12-18)22(35)29-17-9-13-19(14-10-17)33-26(40)30-31-27(33)41/h3-14H,15H2,1-2H3,(H,29,35)(H,30,40)(H,31,41)(H,37,38). The van der Waals surface area contributed by atoms with Gasteiger partial charge in [-0.1, -0.05) is 12.1 Å². The number of hydrogen-bond donors (Lipinski definition) is 4. The van der Waals surface area contributed by atoms with E-state index in [-0.39, 0.29) is 23.6 Å². The van der Waals surface area contributed by atoms with Gasteiger partial charge in [0.2, 0.25) is 0 Å². The molecule has 1 aliphatic heterocycles. The Hall–Kier alpha value is -4.88. The molecule has 4 aromatic rings. The van der Waals surface area contributed by atoms with Gasteiger partial charge >= 0.3 is 5.97 Å². The molecule has 208 valence electrons. The molecule has 1 fully saturated rings. The molecule has 0 unspecified atom stereocenters. The summed E-state index contributed by atoms with van der Waals surface area (Å²) in [6.07, 6.45) is 0. The lowest BCUT2D eigenvalue weighted by Crippen LogP contribution is -2.44. The van der Waals surface area contributed by atoms with Gasteiger partial charge in [0.15, 0.2) is 9.54 Å². The van der Waals surface area contributed by atoms with Crippen LogP contribution >= 0.6 is 24.4 Å². The number of hydrogen-bond acceptors (Lipinski definition) is 7. The summed E-state index contributed by atoms with van der Waals surface area (Å²) >= 11 is 10.5. The molecule has 0 atom stereocenters. The molecular weight excluding hydrogens is 564 g/mol. The highest BCUT2D eigenvalue weighted by Crippen LogP contribution is 2.35. The Labute approximate surface area is 244 Å². The number of carboxylic acid groups (broad SMARTS) is 1. The lowest BCUT2D eigenvalue weighted by atomic mass is 9.94. The Kier molecular flexibility index (Phi) is 7.15. The number of aromatic carboxylic acids is 1. The average molecular weight is 589 g/mol. The van der Waals surface area contributed by atoms with E-state index in [9.17, 15) is 24.3 Å². The van der Waals surface area contributed by atoms with Crippen molar-refractivity contribution in [3.63, 3.8) is 0 Å². The quantitative estimate of drug-likeness (QED) is 0.183. The van der Waals surface area contributed by atoms with Crippen molar-refractivity contribution < 1.29 is 24.3 Å². The number of carboxylic acids is 1. The number of carbonyl (C=O) groups excluding carboxylic acids is 3. The number of H-pyrrole nitrogens is 2. The van der Waals surface area contributed by atoms with Crippen molar-refractivity contribution in [2.24, 2.45) is 5.41 Å². The number of carbonyl (C=O) groups is 4. The predicted octanol–water partition coefficient (Wildman–Crippen LogP) is 4.97. The highest BCUT2D eigenvalue weighted by atomic mass is 32.1. The van der Waals surface area contributed by atoms with E-state index in [1.807, 2.05) is 0 Å². The van der Waals surface area contributed by atoms with Gasteiger partial charge in [-0.05, 0) is 98.9 Å². The van der Waals surface area contributed by atoms with Crippen molar-refractivity contribution in [3.05, 3.63) is 99.0 Å². The van der Waals surface area contributed by atoms with E-state index in [1.54, 1.807) is 73.0 Å². The second-order valence-electron chi connectivity index (χ2n) is 9.96. The fraction of sp³-hybridized carbons (Fsp3) is 0.143. The zero-order valence-electron chi connectivity index (χ0n) is 21.9. The fourth-order valence-corrected chi connectivity index (χ4v) is 5.07. The minimum Gasteiger partial charge on any atom is -0.478 e. The Morgan fingerprint density at radius 2 is 1.41 bits per heavy atom. The third-order valence-corrected chi connectivity index (χ3v) is 7.20. The second kappa shape index (κ2) is 10.6. The highest BCUT2D eigenvalue weighted by molar-refractivity contribution is 7.72. The van der Waals surface area contributed by atoms with Crippen LogP contribution in [0.3, 0.4) is 0 Å². The largest absolute Gasteiger partial charge is 0.478 e. The first-order chi connectivity index (χ1) is 19.5. The van der Waals surface area contributed by atoms with E-state index < -0.39 is 23.2 Å². The molecule has 1 saturated heterocycles. The smallest absolute Gasteiger partial charge is 0.336 e. The van der Waals surface area contributed by atoms with E-state index in [2.05, 4.69) is 15.5 Å². The van der Waals surface area contributed by atoms with Crippen molar-refractivity contribution in [2.75, 3.05) is 16.9 Å². The van der Waals surface area contributed by atoms with Crippen molar-refractivity contribution in [3.8, 4) is 5.69 Å². The second-order valence-corrected chi connectivity index (χ2v) is 10.7. The Bertz CT molecular complexity index is 1780. The maximum Gasteiger partial charge on any atom is 0.336 e. The Morgan fingerprint density at radius 3 is 2.00 bits per heavy atom. The third kappa shape index (κ3) is 5.19. The fourth-order valence-electron chi connectivity index (χ4n) is 4.52. The summed E-state index contributed by atoms with van der Waals surface area (Å²) in [5.74, 6) is -2.84. The molecule has 0 radical (unpaired) electrons. The van der Waals surface area contributed by atoms with Crippen molar-refractivity contribution >= 4 is 59.5 Å². The number of rotatable bonds is 6. The highest BCUT2D eigenvalue weighted by Gasteiger charge is 2.48. The molecule has 3 amide bonds. The summed E-state index contributed by atoms with van der Waals surface area (Å²) in [5, 5.41) is 20.4. The summed E-state index contributed by atoms with van der Waals surface area (Å²) in [6, 6.07) is 19.2. The van der Waals surface area contributed by atoms with Crippen LogP contribution in [0, 0.1) is 15.0 Å². The number of aromatic nitrogens is 3. The molecular formula is C28H24N6O5S2. The molecule has 4 N–H and O–H groups in total. The molecule has 13 heteroatoms. The van der Waals surface area contributed by atoms with Crippen LogP contribution < -0.4 is 10.3 Å². The van der Waals surface area contributed by atoms with Gasteiger partial charge in [-0.3, -0.25) is 34.2 Å². The topological polar surface area (TPSA) is 144 Å². The van der Waals surface area contributed by atoms with Gasteiger partial charge in [-0.15, -0.1) is 0 Å². The SMILES string of the molecule is CC1(C)CN(c2ccc(C(=O)Nc3ccc(-n4c(=S)[nH][nH]c4=S)cc3)cc2)N(C(=O)c2ccccc2C(=O)O)C1=O. The molecule has 11 nitrogen and oxygen atoms in total. The van der Waals surface area contributed by atoms with Crippen molar-refractivity contribution in [1.29, 1.82) is 0 Å². The number of benzene rings is 3. The molecule has 1 aliphatic rings. The number of aromatic amines is 2. The molecule has 3 aromatic carbocycles. The average Bonchev–Trinajstić information content (AvgIpc) is 3.42. The number of nitrogens with zero attached hydrogens (tertiary/aromatic N) is 3. The summed E-state index contributed by atoms with van der Waals surface area (Å²) in [5.41, 5.74) is 0.921.